The lowest BCUT2D eigenvalue weighted by atomic mass is 9.93. The SMILES string of the molecule is C=CNc1cnc(NC2CCOC2)nc1C(=N)N(C)c1cc(C(=O)NC(=N)/C=C(\OC)C(C)(C)C)ccc1C. The number of aromatic nitrogens is 2. The van der Waals surface area contributed by atoms with E-state index in [1.54, 1.807) is 43.5 Å². The summed E-state index contributed by atoms with van der Waals surface area (Å²) in [5, 5.41) is 26.1. The maximum Gasteiger partial charge on any atom is 0.256 e. The fourth-order valence-electron chi connectivity index (χ4n) is 4.01. The maximum absolute atomic E-state index is 13.0. The Morgan fingerprint density at radius 3 is 2.67 bits per heavy atom. The Balaban J connectivity index is 1.85. The van der Waals surface area contributed by atoms with E-state index in [1.165, 1.54) is 12.3 Å². The highest BCUT2D eigenvalue weighted by Gasteiger charge is 2.22. The third-order valence-corrected chi connectivity index (χ3v) is 6.18. The molecule has 0 radical (unpaired) electrons. The molecule has 1 fully saturated rings. The van der Waals surface area contributed by atoms with Gasteiger partial charge in [-0.05, 0) is 37.2 Å². The number of amidine groups is 2. The van der Waals surface area contributed by atoms with Gasteiger partial charge in [0.15, 0.2) is 5.84 Å². The number of aryl methyl sites for hydroxylation is 1. The summed E-state index contributed by atoms with van der Waals surface area (Å²) in [6.45, 7) is 12.8. The number of nitrogens with one attached hydrogen (secondary N) is 5. The van der Waals surface area contributed by atoms with E-state index >= 15 is 0 Å². The van der Waals surface area contributed by atoms with Crippen molar-refractivity contribution in [3.8, 4) is 0 Å². The first-order chi connectivity index (χ1) is 18.4. The van der Waals surface area contributed by atoms with E-state index in [-0.39, 0.29) is 23.1 Å². The van der Waals surface area contributed by atoms with Crippen molar-refractivity contribution in [1.82, 2.24) is 15.3 Å². The zero-order valence-electron chi connectivity index (χ0n) is 23.4. The lowest BCUT2D eigenvalue weighted by Gasteiger charge is -2.24. The van der Waals surface area contributed by atoms with Crippen molar-refractivity contribution in [1.29, 1.82) is 10.8 Å². The van der Waals surface area contributed by atoms with Gasteiger partial charge in [-0.1, -0.05) is 33.4 Å². The van der Waals surface area contributed by atoms with E-state index in [9.17, 15) is 4.79 Å². The zero-order valence-corrected chi connectivity index (χ0v) is 23.4. The van der Waals surface area contributed by atoms with E-state index in [4.69, 9.17) is 20.3 Å². The van der Waals surface area contributed by atoms with Crippen molar-refractivity contribution in [2.75, 3.05) is 42.9 Å². The molecule has 0 bridgehead atoms. The molecule has 3 rings (SSSR count). The standard InChI is InChI=1S/C28H38N8O3/c1-8-31-20-15-32-27(33-19-11-12-39-16-19)35-24(20)25(30)36(6)21-13-18(10-9-17(21)2)26(37)34-23(29)14-22(38-7)28(3,4)5/h8-10,13-15,19,30-31H,1,11-12,16H2,2-7H3,(H2,29,34,37)(H,32,33,35)/b22-14-,30-25?. The minimum atomic E-state index is -0.442. The van der Waals surface area contributed by atoms with Crippen molar-refractivity contribution >= 4 is 34.9 Å². The molecule has 2 aromatic rings. The van der Waals surface area contributed by atoms with Gasteiger partial charge in [0.1, 0.15) is 17.3 Å². The fourth-order valence-corrected chi connectivity index (χ4v) is 4.01. The topological polar surface area (TPSA) is 148 Å². The minimum Gasteiger partial charge on any atom is -0.500 e. The predicted molar refractivity (Wildman–Crippen MR) is 155 cm³/mol. The molecular weight excluding hydrogens is 496 g/mol. The third kappa shape index (κ3) is 7.41. The Morgan fingerprint density at radius 2 is 2.05 bits per heavy atom. The summed E-state index contributed by atoms with van der Waals surface area (Å²) in [4.78, 5) is 23.6. The molecule has 1 saturated heterocycles. The van der Waals surface area contributed by atoms with Crippen LogP contribution in [0.25, 0.3) is 0 Å². The summed E-state index contributed by atoms with van der Waals surface area (Å²) in [6, 6.07) is 5.29. The molecule has 1 aliphatic rings. The van der Waals surface area contributed by atoms with Crippen LogP contribution >= 0.6 is 0 Å². The van der Waals surface area contributed by atoms with E-state index in [0.29, 0.717) is 47.6 Å². The van der Waals surface area contributed by atoms with Crippen molar-refractivity contribution < 1.29 is 14.3 Å². The van der Waals surface area contributed by atoms with E-state index in [2.05, 4.69) is 32.5 Å². The molecule has 39 heavy (non-hydrogen) atoms. The molecule has 2 heterocycles. The van der Waals surface area contributed by atoms with E-state index < -0.39 is 5.91 Å². The number of ether oxygens (including phenoxy) is 2. The smallest absolute Gasteiger partial charge is 0.256 e. The fraction of sp³-hybridized carbons (Fsp3) is 0.393. The number of carbonyl (C=O) groups excluding carboxylic acids is 1. The molecule has 0 saturated carbocycles. The minimum absolute atomic E-state index is 0.0798. The molecular formula is C28H38N8O3. The van der Waals surface area contributed by atoms with Crippen LogP contribution in [0.5, 0.6) is 0 Å². The van der Waals surface area contributed by atoms with Crippen LogP contribution in [0.4, 0.5) is 17.3 Å². The Hall–Kier alpha value is -4.25. The lowest BCUT2D eigenvalue weighted by Crippen LogP contribution is -2.31. The highest BCUT2D eigenvalue weighted by molar-refractivity contribution is 6.12. The molecule has 208 valence electrons. The van der Waals surface area contributed by atoms with Gasteiger partial charge >= 0.3 is 0 Å². The average Bonchev–Trinajstić information content (AvgIpc) is 3.40. The van der Waals surface area contributed by atoms with Crippen LogP contribution in [-0.4, -0.2) is 61.0 Å². The van der Waals surface area contributed by atoms with Crippen LogP contribution < -0.4 is 20.9 Å². The van der Waals surface area contributed by atoms with Gasteiger partial charge in [-0.15, -0.1) is 0 Å². The Bertz CT molecular complexity index is 1280. The number of nitrogens with zero attached hydrogens (tertiary/aromatic N) is 3. The monoisotopic (exact) mass is 534 g/mol. The number of methoxy groups -OCH3 is 1. The highest BCUT2D eigenvalue weighted by atomic mass is 16.5. The van der Waals surface area contributed by atoms with Crippen molar-refractivity contribution in [2.24, 2.45) is 5.41 Å². The first kappa shape index (κ1) is 29.3. The van der Waals surface area contributed by atoms with Gasteiger partial charge in [0.05, 0.1) is 31.6 Å². The largest absolute Gasteiger partial charge is 0.500 e. The number of hydrogen-bond donors (Lipinski definition) is 5. The Labute approximate surface area is 229 Å². The van der Waals surface area contributed by atoms with Crippen molar-refractivity contribution in [3.63, 3.8) is 0 Å². The molecule has 1 amide bonds. The summed E-state index contributed by atoms with van der Waals surface area (Å²) < 4.78 is 10.8. The molecule has 1 aliphatic heterocycles. The number of allylic oxidation sites excluding steroid dienone is 1. The molecule has 11 heteroatoms. The second-order valence-electron chi connectivity index (χ2n) is 10.2. The van der Waals surface area contributed by atoms with Crippen LogP contribution in [-0.2, 0) is 9.47 Å². The highest BCUT2D eigenvalue weighted by Crippen LogP contribution is 2.26. The number of anilines is 3. The van der Waals surface area contributed by atoms with Gasteiger partial charge in [-0.2, -0.15) is 0 Å². The molecule has 0 aliphatic carbocycles. The zero-order chi connectivity index (χ0) is 28.7. The van der Waals surface area contributed by atoms with Crippen LogP contribution in [0, 0.1) is 23.2 Å². The van der Waals surface area contributed by atoms with E-state index in [0.717, 1.165) is 12.0 Å². The molecule has 0 spiro atoms. The van der Waals surface area contributed by atoms with Crippen LogP contribution in [0.3, 0.4) is 0 Å². The third-order valence-electron chi connectivity index (χ3n) is 6.18. The van der Waals surface area contributed by atoms with Gasteiger partial charge in [0, 0.05) is 36.4 Å². The van der Waals surface area contributed by atoms with Gasteiger partial charge in [-0.25, -0.2) is 9.97 Å². The first-order valence-electron chi connectivity index (χ1n) is 12.6. The number of rotatable bonds is 9. The summed E-state index contributed by atoms with van der Waals surface area (Å²) in [7, 11) is 3.28. The summed E-state index contributed by atoms with van der Waals surface area (Å²) >= 11 is 0. The van der Waals surface area contributed by atoms with Crippen molar-refractivity contribution in [2.45, 2.75) is 40.2 Å². The number of benzene rings is 1. The van der Waals surface area contributed by atoms with Gasteiger partial charge < -0.3 is 30.3 Å². The Morgan fingerprint density at radius 1 is 1.31 bits per heavy atom. The molecule has 1 aromatic heterocycles. The van der Waals surface area contributed by atoms with Gasteiger partial charge in [0.25, 0.3) is 5.91 Å². The predicted octanol–water partition coefficient (Wildman–Crippen LogP) is 4.29. The second kappa shape index (κ2) is 12.5. The number of hydrogen-bond acceptors (Lipinski definition) is 9. The molecule has 5 N–H and O–H groups in total. The average molecular weight is 535 g/mol. The van der Waals surface area contributed by atoms with E-state index in [1.807, 2.05) is 27.7 Å². The normalized spacial score (nSPS) is 15.3. The summed E-state index contributed by atoms with van der Waals surface area (Å²) in [6.07, 6.45) is 5.46. The molecule has 1 aromatic carbocycles. The second-order valence-corrected chi connectivity index (χ2v) is 10.2. The van der Waals surface area contributed by atoms with Crippen LogP contribution in [0.1, 0.15) is 48.8 Å². The van der Waals surface area contributed by atoms with Crippen LogP contribution in [0.15, 0.2) is 49.0 Å². The quantitative estimate of drug-likeness (QED) is 0.182. The number of amides is 1. The first-order valence-corrected chi connectivity index (χ1v) is 12.6. The molecule has 11 nitrogen and oxygen atoms in total. The van der Waals surface area contributed by atoms with Crippen LogP contribution in [0.2, 0.25) is 0 Å². The Kier molecular flexibility index (Phi) is 9.42. The number of carbonyl (C=O) groups is 1. The molecule has 1 atom stereocenters. The summed E-state index contributed by atoms with van der Waals surface area (Å²) in [5.41, 5.74) is 2.42. The summed E-state index contributed by atoms with van der Waals surface area (Å²) in [5.74, 6) is 0.551. The van der Waals surface area contributed by atoms with Gasteiger partial charge in [-0.3, -0.25) is 15.6 Å². The van der Waals surface area contributed by atoms with Gasteiger partial charge in [0.2, 0.25) is 5.95 Å². The lowest BCUT2D eigenvalue weighted by molar-refractivity contribution is 0.0977. The molecule has 1 unspecified atom stereocenters. The van der Waals surface area contributed by atoms with Crippen molar-refractivity contribution in [3.05, 3.63) is 65.8 Å². The maximum atomic E-state index is 13.0.